The summed E-state index contributed by atoms with van der Waals surface area (Å²) in [5, 5.41) is 0. The zero-order valence-electron chi connectivity index (χ0n) is 5.79. The lowest BCUT2D eigenvalue weighted by Crippen LogP contribution is -2.12. The average Bonchev–Trinajstić information content (AvgIpc) is 1.98. The van der Waals surface area contributed by atoms with Crippen LogP contribution in [0.5, 0.6) is 0 Å². The van der Waals surface area contributed by atoms with Gasteiger partial charge in [-0.2, -0.15) is 0 Å². The molecule has 0 atom stereocenters. The highest BCUT2D eigenvalue weighted by Gasteiger charge is 2.08. The van der Waals surface area contributed by atoms with E-state index < -0.39 is 11.8 Å². The van der Waals surface area contributed by atoms with E-state index in [2.05, 4.69) is 9.47 Å². The van der Waals surface area contributed by atoms with Crippen molar-refractivity contribution >= 4 is 11.8 Å². The molecule has 0 aliphatic rings. The lowest BCUT2D eigenvalue weighted by atomic mass is 10.4. The molecule has 4 heteroatoms. The fourth-order valence-corrected chi connectivity index (χ4v) is 0.298. The molecular weight excluding hydrogens is 136 g/mol. The van der Waals surface area contributed by atoms with E-state index in [0.717, 1.165) is 19.4 Å². The second-order valence-electron chi connectivity index (χ2n) is 1.39. The molecule has 0 radical (unpaired) electrons. The standard InChI is InChI=1S/C6H8O4/c1-9-4-3-5(7)6(8)10-2/h3-4H,1-2H3. The first-order valence-corrected chi connectivity index (χ1v) is 2.54. The molecular formula is C6H8O4. The van der Waals surface area contributed by atoms with Crippen LogP contribution >= 0.6 is 0 Å². The minimum absolute atomic E-state index is 0.732. The largest absolute Gasteiger partial charge is 0.504 e. The van der Waals surface area contributed by atoms with Crippen LogP contribution in [0.25, 0.3) is 0 Å². The molecule has 0 unspecified atom stereocenters. The Morgan fingerprint density at radius 3 is 2.30 bits per heavy atom. The number of hydrogen-bond acceptors (Lipinski definition) is 4. The Balaban J connectivity index is 3.85. The molecule has 0 aromatic heterocycles. The van der Waals surface area contributed by atoms with Crippen molar-refractivity contribution in [1.82, 2.24) is 0 Å². The highest BCUT2D eigenvalue weighted by Crippen LogP contribution is 1.81. The van der Waals surface area contributed by atoms with Crippen LogP contribution in [0, 0.1) is 0 Å². The third-order valence-corrected chi connectivity index (χ3v) is 0.742. The average molecular weight is 144 g/mol. The first-order chi connectivity index (χ1) is 4.72. The lowest BCUT2D eigenvalue weighted by Gasteiger charge is -1.90. The van der Waals surface area contributed by atoms with Crippen LogP contribution in [-0.4, -0.2) is 26.0 Å². The van der Waals surface area contributed by atoms with Crippen molar-refractivity contribution in [2.45, 2.75) is 0 Å². The van der Waals surface area contributed by atoms with Gasteiger partial charge in [-0.05, 0) is 0 Å². The third kappa shape index (κ3) is 2.86. The number of carbonyl (C=O) groups is 2. The van der Waals surface area contributed by atoms with Crippen molar-refractivity contribution in [1.29, 1.82) is 0 Å². The first-order valence-electron chi connectivity index (χ1n) is 2.54. The molecule has 4 nitrogen and oxygen atoms in total. The molecule has 10 heavy (non-hydrogen) atoms. The van der Waals surface area contributed by atoms with E-state index in [9.17, 15) is 9.59 Å². The maximum absolute atomic E-state index is 10.5. The number of esters is 1. The van der Waals surface area contributed by atoms with Gasteiger partial charge in [0.1, 0.15) is 0 Å². The Kier molecular flexibility index (Phi) is 3.95. The van der Waals surface area contributed by atoms with Crippen LogP contribution in [0.3, 0.4) is 0 Å². The number of ether oxygens (including phenoxy) is 2. The van der Waals surface area contributed by atoms with Gasteiger partial charge < -0.3 is 9.47 Å². The number of ketones is 1. The highest BCUT2D eigenvalue weighted by atomic mass is 16.5. The van der Waals surface area contributed by atoms with Crippen molar-refractivity contribution in [2.75, 3.05) is 14.2 Å². The Labute approximate surface area is 58.4 Å². The summed E-state index contributed by atoms with van der Waals surface area (Å²) in [6.07, 6.45) is 2.10. The molecule has 0 saturated heterocycles. The van der Waals surface area contributed by atoms with E-state index in [-0.39, 0.29) is 0 Å². The van der Waals surface area contributed by atoms with E-state index in [4.69, 9.17) is 0 Å². The molecule has 0 fully saturated rings. The summed E-state index contributed by atoms with van der Waals surface area (Å²) in [6.45, 7) is 0. The Bertz CT molecular complexity index is 159. The zero-order chi connectivity index (χ0) is 7.98. The van der Waals surface area contributed by atoms with Crippen LogP contribution in [0.15, 0.2) is 12.3 Å². The summed E-state index contributed by atoms with van der Waals surface area (Å²) < 4.78 is 8.51. The summed E-state index contributed by atoms with van der Waals surface area (Å²) in [5.74, 6) is -1.63. The monoisotopic (exact) mass is 144 g/mol. The number of hydrogen-bond donors (Lipinski definition) is 0. The van der Waals surface area contributed by atoms with Crippen LogP contribution in [0.1, 0.15) is 0 Å². The van der Waals surface area contributed by atoms with Crippen LogP contribution in [0.2, 0.25) is 0 Å². The zero-order valence-corrected chi connectivity index (χ0v) is 5.79. The summed E-state index contributed by atoms with van der Waals surface area (Å²) in [5.41, 5.74) is 0. The third-order valence-electron chi connectivity index (χ3n) is 0.742. The van der Waals surface area contributed by atoms with Crippen LogP contribution in [0.4, 0.5) is 0 Å². The van der Waals surface area contributed by atoms with Crippen molar-refractivity contribution in [3.8, 4) is 0 Å². The summed E-state index contributed by atoms with van der Waals surface area (Å²) >= 11 is 0. The quantitative estimate of drug-likeness (QED) is 0.240. The molecule has 56 valence electrons. The molecule has 0 aromatic carbocycles. The number of carbonyl (C=O) groups excluding carboxylic acids is 2. The fraction of sp³-hybridized carbons (Fsp3) is 0.333. The van der Waals surface area contributed by atoms with Gasteiger partial charge in [0.2, 0.25) is 0 Å². The van der Waals surface area contributed by atoms with Gasteiger partial charge in [-0.3, -0.25) is 4.79 Å². The number of methoxy groups -OCH3 is 2. The van der Waals surface area contributed by atoms with E-state index in [1.165, 1.54) is 7.11 Å². The fourth-order valence-electron chi connectivity index (χ4n) is 0.298. The maximum atomic E-state index is 10.5. The van der Waals surface area contributed by atoms with Gasteiger partial charge in [-0.25, -0.2) is 4.79 Å². The second kappa shape index (κ2) is 4.55. The van der Waals surface area contributed by atoms with Gasteiger partial charge in [0.25, 0.3) is 5.78 Å². The van der Waals surface area contributed by atoms with Crippen molar-refractivity contribution in [3.63, 3.8) is 0 Å². The lowest BCUT2D eigenvalue weighted by molar-refractivity contribution is -0.149. The summed E-state index contributed by atoms with van der Waals surface area (Å²) in [7, 11) is 2.52. The van der Waals surface area contributed by atoms with Gasteiger partial charge in [-0.15, -0.1) is 0 Å². The van der Waals surface area contributed by atoms with Gasteiger partial charge in [0.05, 0.1) is 20.5 Å². The molecule has 0 spiro atoms. The summed E-state index contributed by atoms with van der Waals surface area (Å²) in [6, 6.07) is 0. The molecule has 0 saturated carbocycles. The van der Waals surface area contributed by atoms with Gasteiger partial charge >= 0.3 is 5.97 Å². The molecule has 0 N–H and O–H groups in total. The normalized spacial score (nSPS) is 9.40. The first kappa shape index (κ1) is 8.68. The molecule has 0 heterocycles. The van der Waals surface area contributed by atoms with Gasteiger partial charge in [-0.1, -0.05) is 0 Å². The minimum Gasteiger partial charge on any atom is -0.504 e. The molecule has 0 aliphatic heterocycles. The van der Waals surface area contributed by atoms with Crippen LogP contribution in [-0.2, 0) is 19.1 Å². The number of rotatable bonds is 3. The van der Waals surface area contributed by atoms with E-state index in [1.807, 2.05) is 0 Å². The topological polar surface area (TPSA) is 52.6 Å². The highest BCUT2D eigenvalue weighted by molar-refractivity contribution is 6.38. The molecule has 0 aliphatic carbocycles. The van der Waals surface area contributed by atoms with Crippen molar-refractivity contribution in [2.24, 2.45) is 0 Å². The molecule has 0 aromatic rings. The predicted molar refractivity (Wildman–Crippen MR) is 33.2 cm³/mol. The van der Waals surface area contributed by atoms with Crippen LogP contribution < -0.4 is 0 Å². The van der Waals surface area contributed by atoms with Gasteiger partial charge in [0.15, 0.2) is 0 Å². The van der Waals surface area contributed by atoms with E-state index >= 15 is 0 Å². The van der Waals surface area contributed by atoms with Gasteiger partial charge in [0, 0.05) is 6.08 Å². The SMILES string of the molecule is COC=CC(=O)C(=O)OC. The smallest absolute Gasteiger partial charge is 0.378 e. The molecule has 0 amide bonds. The maximum Gasteiger partial charge on any atom is 0.378 e. The Morgan fingerprint density at radius 2 is 1.90 bits per heavy atom. The van der Waals surface area contributed by atoms with E-state index in [1.54, 1.807) is 0 Å². The molecule has 0 bridgehead atoms. The molecule has 0 rings (SSSR count). The van der Waals surface area contributed by atoms with Crippen molar-refractivity contribution in [3.05, 3.63) is 12.3 Å². The Hall–Kier alpha value is -1.32. The van der Waals surface area contributed by atoms with E-state index in [0.29, 0.717) is 0 Å². The minimum atomic E-state index is -0.895. The predicted octanol–water partition coefficient (Wildman–Crippen LogP) is -0.111. The summed E-state index contributed by atoms with van der Waals surface area (Å²) in [4.78, 5) is 20.8. The second-order valence-corrected chi connectivity index (χ2v) is 1.39. The Morgan fingerprint density at radius 1 is 1.30 bits per heavy atom. The van der Waals surface area contributed by atoms with Crippen molar-refractivity contribution < 1.29 is 19.1 Å².